The number of benzene rings is 4. The number of rotatable bonds is 16. The summed E-state index contributed by atoms with van der Waals surface area (Å²) in [5, 5.41) is 22.8. The van der Waals surface area contributed by atoms with Gasteiger partial charge >= 0.3 is 0 Å². The van der Waals surface area contributed by atoms with Crippen molar-refractivity contribution in [3.63, 3.8) is 0 Å². The molecule has 276 valence electrons. The van der Waals surface area contributed by atoms with Crippen LogP contribution in [0.3, 0.4) is 0 Å². The SMILES string of the molecule is Cc1cccc(CC(=O)CCCNC(=O)c2cc(-c3ccccc3)on2)c1.O=C(CCCNC(=O)c1cc(-c2ccccc2)on1)Cc1ccccc1O. The number of phenols is 1. The average Bonchev–Trinajstić information content (AvgIpc) is 3.89. The Kier molecular flexibility index (Phi) is 14.2. The van der Waals surface area contributed by atoms with E-state index in [-0.39, 0.29) is 46.9 Å². The van der Waals surface area contributed by atoms with Crippen molar-refractivity contribution in [3.05, 3.63) is 149 Å². The van der Waals surface area contributed by atoms with Gasteiger partial charge in [-0.25, -0.2) is 0 Å². The second kappa shape index (κ2) is 19.8. The Balaban J connectivity index is 0.000000208. The summed E-state index contributed by atoms with van der Waals surface area (Å²) in [7, 11) is 0. The lowest BCUT2D eigenvalue weighted by Crippen LogP contribution is -2.25. The van der Waals surface area contributed by atoms with Crippen LogP contribution >= 0.6 is 0 Å². The molecule has 0 saturated carbocycles. The Bertz CT molecular complexity index is 2140. The van der Waals surface area contributed by atoms with Crippen LogP contribution < -0.4 is 10.6 Å². The molecule has 0 spiro atoms. The summed E-state index contributed by atoms with van der Waals surface area (Å²) in [5.41, 5.74) is 4.94. The Hall–Kier alpha value is -6.62. The molecule has 4 aromatic carbocycles. The van der Waals surface area contributed by atoms with Crippen molar-refractivity contribution in [1.82, 2.24) is 20.9 Å². The summed E-state index contributed by atoms with van der Waals surface area (Å²) in [6, 6.07) is 36.8. The normalized spacial score (nSPS) is 10.5. The number of Topliss-reactive ketones (excluding diaryl/α,β-unsaturated/α-hetero) is 2. The summed E-state index contributed by atoms with van der Waals surface area (Å²) in [6.07, 6.45) is 2.48. The van der Waals surface area contributed by atoms with Crippen molar-refractivity contribution in [2.75, 3.05) is 13.1 Å². The molecule has 0 bridgehead atoms. The fourth-order valence-corrected chi connectivity index (χ4v) is 5.50. The van der Waals surface area contributed by atoms with Gasteiger partial charge in [-0.05, 0) is 31.4 Å². The maximum atomic E-state index is 12.1. The first kappa shape index (κ1) is 38.6. The maximum Gasteiger partial charge on any atom is 0.273 e. The minimum Gasteiger partial charge on any atom is -0.508 e. The topological polar surface area (TPSA) is 165 Å². The summed E-state index contributed by atoms with van der Waals surface area (Å²) >= 11 is 0. The monoisotopic (exact) mass is 726 g/mol. The van der Waals surface area contributed by atoms with Crippen molar-refractivity contribution in [3.8, 4) is 28.4 Å². The molecular formula is C43H42N4O7. The van der Waals surface area contributed by atoms with E-state index in [0.717, 1.165) is 22.3 Å². The number of para-hydroxylation sites is 1. The van der Waals surface area contributed by atoms with Gasteiger partial charge in [-0.1, -0.05) is 119 Å². The van der Waals surface area contributed by atoms with Crippen LogP contribution in [0.5, 0.6) is 5.75 Å². The second-order valence-electron chi connectivity index (χ2n) is 12.7. The third-order valence-corrected chi connectivity index (χ3v) is 8.30. The fraction of sp³-hybridized carbons (Fsp3) is 0.209. The molecule has 0 aliphatic carbocycles. The molecule has 0 aliphatic rings. The molecule has 6 rings (SSSR count). The van der Waals surface area contributed by atoms with Gasteiger partial charge in [-0.2, -0.15) is 0 Å². The number of aromatic hydroxyl groups is 1. The first-order chi connectivity index (χ1) is 26.2. The van der Waals surface area contributed by atoms with Gasteiger partial charge in [0.1, 0.15) is 17.3 Å². The number of carbonyl (C=O) groups is 4. The maximum absolute atomic E-state index is 12.1. The third-order valence-electron chi connectivity index (χ3n) is 8.30. The Morgan fingerprint density at radius 3 is 1.61 bits per heavy atom. The number of phenolic OH excluding ortho intramolecular Hbond substituents is 1. The predicted molar refractivity (Wildman–Crippen MR) is 204 cm³/mol. The molecule has 0 radical (unpaired) electrons. The zero-order valence-corrected chi connectivity index (χ0v) is 30.0. The van der Waals surface area contributed by atoms with Gasteiger partial charge in [0, 0.05) is 67.6 Å². The van der Waals surface area contributed by atoms with E-state index < -0.39 is 0 Å². The highest BCUT2D eigenvalue weighted by atomic mass is 16.5. The molecule has 6 aromatic rings. The second-order valence-corrected chi connectivity index (χ2v) is 12.7. The number of amides is 2. The first-order valence-corrected chi connectivity index (χ1v) is 17.7. The van der Waals surface area contributed by atoms with Crippen LogP contribution in [0.25, 0.3) is 22.6 Å². The van der Waals surface area contributed by atoms with Gasteiger partial charge in [0.05, 0.1) is 0 Å². The highest BCUT2D eigenvalue weighted by molar-refractivity contribution is 5.93. The van der Waals surface area contributed by atoms with Crippen LogP contribution in [0.1, 0.15) is 63.4 Å². The molecule has 0 atom stereocenters. The molecule has 2 aromatic heterocycles. The van der Waals surface area contributed by atoms with Crippen LogP contribution in [0.2, 0.25) is 0 Å². The van der Waals surface area contributed by atoms with Crippen molar-refractivity contribution in [1.29, 1.82) is 0 Å². The zero-order valence-electron chi connectivity index (χ0n) is 30.0. The number of aromatic nitrogens is 2. The van der Waals surface area contributed by atoms with E-state index in [1.165, 1.54) is 0 Å². The molecule has 54 heavy (non-hydrogen) atoms. The molecule has 11 heteroatoms. The smallest absolute Gasteiger partial charge is 0.273 e. The van der Waals surface area contributed by atoms with Gasteiger partial charge in [-0.15, -0.1) is 0 Å². The van der Waals surface area contributed by atoms with Gasteiger partial charge in [-0.3, -0.25) is 19.2 Å². The number of carbonyl (C=O) groups excluding carboxylic acids is 4. The Morgan fingerprint density at radius 1 is 0.593 bits per heavy atom. The first-order valence-electron chi connectivity index (χ1n) is 17.7. The summed E-state index contributed by atoms with van der Waals surface area (Å²) in [6.45, 7) is 2.79. The molecule has 0 unspecified atom stereocenters. The van der Waals surface area contributed by atoms with E-state index in [9.17, 15) is 24.3 Å². The molecule has 0 fully saturated rings. The van der Waals surface area contributed by atoms with Gasteiger partial charge in [0.15, 0.2) is 22.9 Å². The lowest BCUT2D eigenvalue weighted by Gasteiger charge is -2.04. The molecule has 2 amide bonds. The number of hydrogen-bond donors (Lipinski definition) is 3. The molecule has 0 aliphatic heterocycles. The number of aryl methyl sites for hydroxylation is 1. The van der Waals surface area contributed by atoms with E-state index >= 15 is 0 Å². The van der Waals surface area contributed by atoms with E-state index in [2.05, 4.69) is 20.9 Å². The average molecular weight is 727 g/mol. The van der Waals surface area contributed by atoms with Crippen LogP contribution in [0, 0.1) is 6.92 Å². The lowest BCUT2D eigenvalue weighted by atomic mass is 10.0. The van der Waals surface area contributed by atoms with E-state index in [1.807, 2.05) is 91.9 Å². The van der Waals surface area contributed by atoms with Gasteiger partial charge < -0.3 is 24.8 Å². The van der Waals surface area contributed by atoms with Crippen molar-refractivity contribution < 1.29 is 33.3 Å². The van der Waals surface area contributed by atoms with E-state index in [4.69, 9.17) is 9.05 Å². The molecule has 2 heterocycles. The number of hydrogen-bond acceptors (Lipinski definition) is 9. The van der Waals surface area contributed by atoms with Crippen LogP contribution in [-0.2, 0) is 22.4 Å². The number of nitrogens with zero attached hydrogens (tertiary/aromatic N) is 2. The Labute approximate surface area is 313 Å². The zero-order chi connectivity index (χ0) is 38.1. The van der Waals surface area contributed by atoms with Crippen molar-refractivity contribution in [2.45, 2.75) is 45.4 Å². The number of nitrogens with one attached hydrogen (secondary N) is 2. The van der Waals surface area contributed by atoms with Gasteiger partial charge in [0.2, 0.25) is 0 Å². The van der Waals surface area contributed by atoms with E-state index in [0.29, 0.717) is 62.3 Å². The largest absolute Gasteiger partial charge is 0.508 e. The highest BCUT2D eigenvalue weighted by Crippen LogP contribution is 2.21. The predicted octanol–water partition coefficient (Wildman–Crippen LogP) is 7.34. The fourth-order valence-electron chi connectivity index (χ4n) is 5.50. The Morgan fingerprint density at radius 2 is 1.09 bits per heavy atom. The standard InChI is InChI=1S/C22H22N2O3.C21H20N2O4/c1-16-7-5-8-17(13-16)14-19(25)11-6-12-23-22(26)20-15-21(27-24-20)18-9-3-2-4-10-18;24-17(13-16-9-4-5-11-19(16)25)10-6-12-22-21(26)18-14-20(27-23-18)15-7-2-1-3-8-15/h2-5,7-10,13,15H,6,11-12,14H2,1H3,(H,23,26);1-5,7-9,11,14,25H,6,10,12-13H2,(H,22,26). The molecular weight excluding hydrogens is 684 g/mol. The van der Waals surface area contributed by atoms with E-state index in [1.54, 1.807) is 36.4 Å². The highest BCUT2D eigenvalue weighted by Gasteiger charge is 2.15. The minimum absolute atomic E-state index is 0.0125. The molecule has 11 nitrogen and oxygen atoms in total. The third kappa shape index (κ3) is 12.0. The number of ketones is 2. The van der Waals surface area contributed by atoms with Crippen molar-refractivity contribution in [2.24, 2.45) is 0 Å². The summed E-state index contributed by atoms with van der Waals surface area (Å²) in [5.74, 6) is 0.745. The van der Waals surface area contributed by atoms with Crippen LogP contribution in [0.15, 0.2) is 130 Å². The van der Waals surface area contributed by atoms with Crippen LogP contribution in [0.4, 0.5) is 0 Å². The lowest BCUT2D eigenvalue weighted by molar-refractivity contribution is -0.119. The van der Waals surface area contributed by atoms with Crippen molar-refractivity contribution >= 4 is 23.4 Å². The minimum atomic E-state index is -0.339. The van der Waals surface area contributed by atoms with Gasteiger partial charge in [0.25, 0.3) is 11.8 Å². The molecule has 3 N–H and O–H groups in total. The quantitative estimate of drug-likeness (QED) is 0.0866. The summed E-state index contributed by atoms with van der Waals surface area (Å²) < 4.78 is 10.4. The summed E-state index contributed by atoms with van der Waals surface area (Å²) in [4.78, 5) is 48.3. The van der Waals surface area contributed by atoms with Crippen LogP contribution in [-0.4, -0.2) is 51.9 Å². The molecule has 0 saturated heterocycles.